The van der Waals surface area contributed by atoms with Gasteiger partial charge in [-0.3, -0.25) is 4.90 Å². The van der Waals surface area contributed by atoms with Crippen molar-refractivity contribution in [1.82, 2.24) is 4.90 Å². The smallest absolute Gasteiger partial charge is 0.0940 e. The lowest BCUT2D eigenvalue weighted by Gasteiger charge is -2.43. The Morgan fingerprint density at radius 2 is 2.00 bits per heavy atom. The lowest BCUT2D eigenvalue weighted by atomic mass is 9.98. The molecule has 0 bridgehead atoms. The highest BCUT2D eigenvalue weighted by atomic mass is 16.5. The molecule has 1 saturated heterocycles. The largest absolute Gasteiger partial charge is 0.394 e. The van der Waals surface area contributed by atoms with Gasteiger partial charge in [0.05, 0.1) is 24.4 Å². The first-order valence-electron chi connectivity index (χ1n) is 7.67. The van der Waals surface area contributed by atoms with Crippen LogP contribution in [-0.2, 0) is 4.74 Å². The van der Waals surface area contributed by atoms with Gasteiger partial charge in [0.1, 0.15) is 0 Å². The molecule has 4 heteroatoms. The summed E-state index contributed by atoms with van der Waals surface area (Å²) in [6, 6.07) is 0. The van der Waals surface area contributed by atoms with Gasteiger partial charge in [-0.2, -0.15) is 0 Å². The van der Waals surface area contributed by atoms with Crippen molar-refractivity contribution in [3.8, 4) is 0 Å². The van der Waals surface area contributed by atoms with Crippen LogP contribution in [0.3, 0.4) is 0 Å². The van der Waals surface area contributed by atoms with Crippen LogP contribution in [0.4, 0.5) is 0 Å². The molecule has 2 atom stereocenters. The Hall–Kier alpha value is -0.160. The number of aliphatic hydroxyl groups excluding tert-OH is 2. The molecule has 0 aromatic rings. The van der Waals surface area contributed by atoms with E-state index in [9.17, 15) is 10.2 Å². The Bertz CT molecular complexity index is 277. The van der Waals surface area contributed by atoms with Crippen LogP contribution in [0.1, 0.15) is 46.0 Å². The third-order valence-electron chi connectivity index (χ3n) is 4.30. The summed E-state index contributed by atoms with van der Waals surface area (Å²) in [6.07, 6.45) is 5.79. The van der Waals surface area contributed by atoms with Crippen molar-refractivity contribution in [2.24, 2.45) is 5.92 Å². The monoisotopic (exact) mass is 271 g/mol. The summed E-state index contributed by atoms with van der Waals surface area (Å²) in [5, 5.41) is 19.5. The zero-order chi connectivity index (χ0) is 13.9. The highest BCUT2D eigenvalue weighted by molar-refractivity contribution is 4.85. The Morgan fingerprint density at radius 1 is 1.32 bits per heavy atom. The summed E-state index contributed by atoms with van der Waals surface area (Å²) in [5.41, 5.74) is -0.237. The summed E-state index contributed by atoms with van der Waals surface area (Å²) in [7, 11) is 0. The van der Waals surface area contributed by atoms with Gasteiger partial charge >= 0.3 is 0 Å². The van der Waals surface area contributed by atoms with Gasteiger partial charge in [-0.05, 0) is 26.2 Å². The van der Waals surface area contributed by atoms with Gasteiger partial charge in [-0.1, -0.05) is 25.7 Å². The number of nitrogens with zero attached hydrogens (tertiary/aromatic N) is 1. The van der Waals surface area contributed by atoms with Gasteiger partial charge in [-0.15, -0.1) is 0 Å². The minimum atomic E-state index is -0.239. The molecule has 112 valence electrons. The molecule has 1 saturated carbocycles. The molecule has 0 aromatic heterocycles. The van der Waals surface area contributed by atoms with E-state index in [-0.39, 0.29) is 24.4 Å². The Labute approximate surface area is 116 Å². The quantitative estimate of drug-likeness (QED) is 0.793. The number of hydrogen-bond acceptors (Lipinski definition) is 4. The van der Waals surface area contributed by atoms with Gasteiger partial charge in [0.15, 0.2) is 0 Å². The number of rotatable bonds is 5. The minimum Gasteiger partial charge on any atom is -0.394 e. The Balaban J connectivity index is 1.79. The number of aliphatic hydroxyl groups is 2. The molecule has 2 fully saturated rings. The molecule has 0 amide bonds. The van der Waals surface area contributed by atoms with Crippen molar-refractivity contribution in [2.45, 2.75) is 63.8 Å². The lowest BCUT2D eigenvalue weighted by Crippen LogP contribution is -2.55. The highest BCUT2D eigenvalue weighted by Crippen LogP contribution is 2.29. The molecule has 0 spiro atoms. The van der Waals surface area contributed by atoms with E-state index in [4.69, 9.17) is 4.74 Å². The average molecular weight is 271 g/mol. The first kappa shape index (κ1) is 15.2. The maximum atomic E-state index is 10.2. The fourth-order valence-electron chi connectivity index (χ4n) is 3.65. The third kappa shape index (κ3) is 4.71. The van der Waals surface area contributed by atoms with Crippen LogP contribution in [0.25, 0.3) is 0 Å². The van der Waals surface area contributed by atoms with E-state index in [0.717, 1.165) is 25.4 Å². The van der Waals surface area contributed by atoms with Crippen LogP contribution < -0.4 is 0 Å². The highest BCUT2D eigenvalue weighted by Gasteiger charge is 2.34. The van der Waals surface area contributed by atoms with Crippen LogP contribution in [0.5, 0.6) is 0 Å². The van der Waals surface area contributed by atoms with Crippen LogP contribution in [0, 0.1) is 5.92 Å². The van der Waals surface area contributed by atoms with Crippen LogP contribution in [0.15, 0.2) is 0 Å². The van der Waals surface area contributed by atoms with E-state index in [2.05, 4.69) is 4.90 Å². The van der Waals surface area contributed by atoms with Crippen LogP contribution in [-0.4, -0.2) is 59.2 Å². The zero-order valence-corrected chi connectivity index (χ0v) is 12.3. The molecule has 1 heterocycles. The first-order valence-corrected chi connectivity index (χ1v) is 7.67. The van der Waals surface area contributed by atoms with Crippen molar-refractivity contribution in [1.29, 1.82) is 0 Å². The lowest BCUT2D eigenvalue weighted by molar-refractivity contribution is -0.153. The van der Waals surface area contributed by atoms with Crippen molar-refractivity contribution in [3.05, 3.63) is 0 Å². The van der Waals surface area contributed by atoms with E-state index in [0.29, 0.717) is 6.54 Å². The average Bonchev–Trinajstić information content (AvgIpc) is 2.79. The summed E-state index contributed by atoms with van der Waals surface area (Å²) < 4.78 is 5.79. The van der Waals surface area contributed by atoms with Crippen LogP contribution >= 0.6 is 0 Å². The second-order valence-corrected chi connectivity index (χ2v) is 6.92. The molecule has 2 aliphatic rings. The second-order valence-electron chi connectivity index (χ2n) is 6.92. The number of ether oxygens (including phenoxy) is 1. The topological polar surface area (TPSA) is 52.9 Å². The fourth-order valence-corrected chi connectivity index (χ4v) is 3.65. The van der Waals surface area contributed by atoms with E-state index in [1.165, 1.54) is 25.7 Å². The molecule has 4 nitrogen and oxygen atoms in total. The van der Waals surface area contributed by atoms with Crippen molar-refractivity contribution < 1.29 is 14.9 Å². The Morgan fingerprint density at radius 3 is 2.63 bits per heavy atom. The molecule has 2 N–H and O–H groups in total. The normalized spacial score (nSPS) is 30.6. The van der Waals surface area contributed by atoms with E-state index in [1.54, 1.807) is 0 Å². The predicted octanol–water partition coefficient (Wildman–Crippen LogP) is 1.40. The molecule has 0 radical (unpaired) electrons. The molecular weight excluding hydrogens is 242 g/mol. The van der Waals surface area contributed by atoms with Crippen molar-refractivity contribution >= 4 is 0 Å². The van der Waals surface area contributed by atoms with Gasteiger partial charge in [0, 0.05) is 19.6 Å². The molecule has 1 aliphatic carbocycles. The standard InChI is InChI=1S/C15H29NO3/c1-15(2)11-16(9-14(10-17)19-15)8-13(18)7-12-5-3-4-6-12/h12-14,17-18H,3-11H2,1-2H3. The van der Waals surface area contributed by atoms with E-state index < -0.39 is 0 Å². The Kier molecular flexibility index (Phi) is 5.23. The minimum absolute atomic E-state index is 0.0542. The zero-order valence-electron chi connectivity index (χ0n) is 12.3. The van der Waals surface area contributed by atoms with Gasteiger partial charge < -0.3 is 14.9 Å². The number of morpholine rings is 1. The van der Waals surface area contributed by atoms with Gasteiger partial charge in [0.2, 0.25) is 0 Å². The van der Waals surface area contributed by atoms with E-state index in [1.807, 2.05) is 13.8 Å². The summed E-state index contributed by atoms with van der Waals surface area (Å²) in [5.74, 6) is 0.720. The maximum Gasteiger partial charge on any atom is 0.0940 e. The van der Waals surface area contributed by atoms with Crippen molar-refractivity contribution in [3.63, 3.8) is 0 Å². The van der Waals surface area contributed by atoms with Crippen molar-refractivity contribution in [2.75, 3.05) is 26.2 Å². The molecule has 19 heavy (non-hydrogen) atoms. The molecule has 2 unspecified atom stereocenters. The fraction of sp³-hybridized carbons (Fsp3) is 1.00. The number of β-amino-alcohol motifs (C(OH)–C–C–N with tert-alkyl or cyclic N) is 1. The molecule has 2 rings (SSSR count). The second kappa shape index (κ2) is 6.53. The number of hydrogen-bond donors (Lipinski definition) is 2. The maximum absolute atomic E-state index is 10.2. The third-order valence-corrected chi connectivity index (χ3v) is 4.30. The van der Waals surface area contributed by atoms with E-state index >= 15 is 0 Å². The van der Waals surface area contributed by atoms with Crippen LogP contribution in [0.2, 0.25) is 0 Å². The van der Waals surface area contributed by atoms with Gasteiger partial charge in [0.25, 0.3) is 0 Å². The SMILES string of the molecule is CC1(C)CN(CC(O)CC2CCCC2)CC(CO)O1. The molecule has 1 aliphatic heterocycles. The molecule has 0 aromatic carbocycles. The summed E-state index contributed by atoms with van der Waals surface area (Å²) in [6.45, 7) is 6.40. The predicted molar refractivity (Wildman–Crippen MR) is 75.1 cm³/mol. The first-order chi connectivity index (χ1) is 8.98. The molecular formula is C15H29NO3. The van der Waals surface area contributed by atoms with Gasteiger partial charge in [-0.25, -0.2) is 0 Å². The summed E-state index contributed by atoms with van der Waals surface area (Å²) >= 11 is 0. The summed E-state index contributed by atoms with van der Waals surface area (Å²) in [4.78, 5) is 2.24.